The second kappa shape index (κ2) is 3.34. The van der Waals surface area contributed by atoms with Crippen molar-refractivity contribution in [3.8, 4) is 5.75 Å². The maximum Gasteiger partial charge on any atom is 0.125 e. The second-order valence-electron chi connectivity index (χ2n) is 3.19. The summed E-state index contributed by atoms with van der Waals surface area (Å²) < 4.78 is 18.2. The summed E-state index contributed by atoms with van der Waals surface area (Å²) in [5.41, 5.74) is 0.567. The molecular formula is C10H11FO2. The zero-order chi connectivity index (χ0) is 9.26. The molecule has 70 valence electrons. The molecule has 1 heterocycles. The first kappa shape index (κ1) is 8.51. The van der Waals surface area contributed by atoms with Crippen LogP contribution in [0.2, 0.25) is 0 Å². The van der Waals surface area contributed by atoms with E-state index < -0.39 is 6.10 Å². The van der Waals surface area contributed by atoms with Crippen LogP contribution in [0, 0.1) is 5.82 Å². The van der Waals surface area contributed by atoms with E-state index in [0.29, 0.717) is 24.3 Å². The van der Waals surface area contributed by atoms with Gasteiger partial charge in [-0.2, -0.15) is 0 Å². The monoisotopic (exact) mass is 182 g/mol. The van der Waals surface area contributed by atoms with Gasteiger partial charge in [-0.15, -0.1) is 0 Å². The lowest BCUT2D eigenvalue weighted by molar-refractivity contribution is 0.167. The number of halogens is 1. The lowest BCUT2D eigenvalue weighted by Gasteiger charge is -2.10. The number of hydrogen-bond donors (Lipinski definition) is 1. The summed E-state index contributed by atoms with van der Waals surface area (Å²) in [6.07, 6.45) is 0.849. The minimum Gasteiger partial charge on any atom is -0.493 e. The Morgan fingerprint density at radius 2 is 2.31 bits per heavy atom. The van der Waals surface area contributed by atoms with E-state index >= 15 is 0 Å². The van der Waals surface area contributed by atoms with E-state index in [4.69, 9.17) is 4.74 Å². The van der Waals surface area contributed by atoms with Crippen LogP contribution in [0.3, 0.4) is 0 Å². The predicted octanol–water partition coefficient (Wildman–Crippen LogP) is 2.03. The van der Waals surface area contributed by atoms with Crippen molar-refractivity contribution < 1.29 is 14.2 Å². The molecule has 1 aliphatic rings. The van der Waals surface area contributed by atoms with Gasteiger partial charge >= 0.3 is 0 Å². The molecule has 1 aliphatic heterocycles. The van der Waals surface area contributed by atoms with Gasteiger partial charge in [0.2, 0.25) is 0 Å². The van der Waals surface area contributed by atoms with Gasteiger partial charge in [-0.1, -0.05) is 0 Å². The summed E-state index contributed by atoms with van der Waals surface area (Å²) >= 11 is 0. The summed E-state index contributed by atoms with van der Waals surface area (Å²) in [7, 11) is 0. The Balaban J connectivity index is 2.43. The molecule has 0 spiro atoms. The maximum absolute atomic E-state index is 12.8. The standard InChI is InChI=1S/C10H11FO2/c11-7-3-4-10-8(6-7)9(12)2-1-5-13-10/h3-4,6,9,12H,1-2,5H2/t9-/m1/s1. The molecule has 1 atom stereocenters. The van der Waals surface area contributed by atoms with Gasteiger partial charge in [0, 0.05) is 5.56 Å². The van der Waals surface area contributed by atoms with Crippen molar-refractivity contribution in [2.75, 3.05) is 6.61 Å². The number of rotatable bonds is 0. The van der Waals surface area contributed by atoms with Gasteiger partial charge in [0.15, 0.2) is 0 Å². The summed E-state index contributed by atoms with van der Waals surface area (Å²) in [5, 5.41) is 9.62. The lowest BCUT2D eigenvalue weighted by atomic mass is 10.1. The Hall–Kier alpha value is -1.09. The molecule has 2 rings (SSSR count). The summed E-state index contributed by atoms with van der Waals surface area (Å²) in [6, 6.07) is 4.25. The number of aliphatic hydroxyl groups excluding tert-OH is 1. The number of ether oxygens (including phenoxy) is 1. The van der Waals surface area contributed by atoms with Crippen molar-refractivity contribution in [3.05, 3.63) is 29.6 Å². The van der Waals surface area contributed by atoms with Crippen LogP contribution in [-0.4, -0.2) is 11.7 Å². The van der Waals surface area contributed by atoms with Crippen molar-refractivity contribution in [3.63, 3.8) is 0 Å². The van der Waals surface area contributed by atoms with Crippen LogP contribution in [-0.2, 0) is 0 Å². The molecule has 0 bridgehead atoms. The number of hydrogen-bond acceptors (Lipinski definition) is 2. The molecule has 1 aromatic carbocycles. The molecule has 0 radical (unpaired) electrons. The van der Waals surface area contributed by atoms with Crippen molar-refractivity contribution in [1.29, 1.82) is 0 Å². The quantitative estimate of drug-likeness (QED) is 0.665. The Bertz CT molecular complexity index is 312. The Morgan fingerprint density at radius 3 is 3.15 bits per heavy atom. The SMILES string of the molecule is O[C@@H]1CCCOc2ccc(F)cc21. The van der Waals surface area contributed by atoms with Gasteiger partial charge in [-0.05, 0) is 31.0 Å². The van der Waals surface area contributed by atoms with Gasteiger partial charge < -0.3 is 9.84 Å². The average molecular weight is 182 g/mol. The first-order valence-electron chi connectivity index (χ1n) is 4.37. The van der Waals surface area contributed by atoms with Gasteiger partial charge in [-0.25, -0.2) is 4.39 Å². The maximum atomic E-state index is 12.8. The predicted molar refractivity (Wildman–Crippen MR) is 46.1 cm³/mol. The molecule has 0 amide bonds. The second-order valence-corrected chi connectivity index (χ2v) is 3.19. The Labute approximate surface area is 76.0 Å². The first-order valence-corrected chi connectivity index (χ1v) is 4.37. The van der Waals surface area contributed by atoms with E-state index in [2.05, 4.69) is 0 Å². The summed E-state index contributed by atoms with van der Waals surface area (Å²) in [6.45, 7) is 0.593. The van der Waals surface area contributed by atoms with E-state index in [0.717, 1.165) is 6.42 Å². The van der Waals surface area contributed by atoms with Crippen LogP contribution in [0.5, 0.6) is 5.75 Å². The van der Waals surface area contributed by atoms with Crippen molar-refractivity contribution >= 4 is 0 Å². The van der Waals surface area contributed by atoms with Crippen LogP contribution < -0.4 is 4.74 Å². The van der Waals surface area contributed by atoms with Crippen molar-refractivity contribution in [2.24, 2.45) is 0 Å². The topological polar surface area (TPSA) is 29.5 Å². The summed E-state index contributed by atoms with van der Waals surface area (Å²) in [5.74, 6) is 0.273. The van der Waals surface area contributed by atoms with Crippen LogP contribution in [0.15, 0.2) is 18.2 Å². The van der Waals surface area contributed by atoms with Gasteiger partial charge in [0.25, 0.3) is 0 Å². The van der Waals surface area contributed by atoms with Crippen LogP contribution in [0.1, 0.15) is 24.5 Å². The molecule has 13 heavy (non-hydrogen) atoms. The molecule has 0 saturated heterocycles. The average Bonchev–Trinajstić information content (AvgIpc) is 2.29. The molecule has 0 aliphatic carbocycles. The minimum absolute atomic E-state index is 0.330. The van der Waals surface area contributed by atoms with E-state index in [-0.39, 0.29) is 5.82 Å². The largest absolute Gasteiger partial charge is 0.493 e. The molecule has 0 fully saturated rings. The van der Waals surface area contributed by atoms with Crippen LogP contribution >= 0.6 is 0 Å². The van der Waals surface area contributed by atoms with E-state index in [1.165, 1.54) is 12.1 Å². The first-order chi connectivity index (χ1) is 6.27. The zero-order valence-corrected chi connectivity index (χ0v) is 7.16. The smallest absolute Gasteiger partial charge is 0.125 e. The molecule has 0 aromatic heterocycles. The molecule has 0 saturated carbocycles. The molecule has 2 nitrogen and oxygen atoms in total. The van der Waals surface area contributed by atoms with E-state index in [1.54, 1.807) is 6.07 Å². The third kappa shape index (κ3) is 1.65. The fraction of sp³-hybridized carbons (Fsp3) is 0.400. The zero-order valence-electron chi connectivity index (χ0n) is 7.16. The summed E-state index contributed by atoms with van der Waals surface area (Å²) in [4.78, 5) is 0. The highest BCUT2D eigenvalue weighted by Crippen LogP contribution is 2.31. The van der Waals surface area contributed by atoms with Gasteiger partial charge in [0.1, 0.15) is 11.6 Å². The minimum atomic E-state index is -0.590. The molecule has 0 unspecified atom stereocenters. The highest BCUT2D eigenvalue weighted by atomic mass is 19.1. The van der Waals surface area contributed by atoms with Crippen LogP contribution in [0.4, 0.5) is 4.39 Å². The number of aliphatic hydroxyl groups is 1. The van der Waals surface area contributed by atoms with Crippen LogP contribution in [0.25, 0.3) is 0 Å². The highest BCUT2D eigenvalue weighted by Gasteiger charge is 2.17. The molecular weight excluding hydrogens is 171 g/mol. The van der Waals surface area contributed by atoms with Crippen molar-refractivity contribution in [1.82, 2.24) is 0 Å². The molecule has 1 aromatic rings. The van der Waals surface area contributed by atoms with E-state index in [9.17, 15) is 9.50 Å². The number of fused-ring (bicyclic) bond motifs is 1. The van der Waals surface area contributed by atoms with E-state index in [1.807, 2.05) is 0 Å². The number of benzene rings is 1. The Kier molecular flexibility index (Phi) is 2.19. The normalized spacial score (nSPS) is 21.5. The molecule has 3 heteroatoms. The third-order valence-corrected chi connectivity index (χ3v) is 2.21. The fourth-order valence-corrected chi connectivity index (χ4v) is 1.53. The third-order valence-electron chi connectivity index (χ3n) is 2.21. The molecule has 1 N–H and O–H groups in total. The van der Waals surface area contributed by atoms with Gasteiger partial charge in [0.05, 0.1) is 12.7 Å². The fourth-order valence-electron chi connectivity index (χ4n) is 1.53. The van der Waals surface area contributed by atoms with Gasteiger partial charge in [-0.3, -0.25) is 0 Å². The highest BCUT2D eigenvalue weighted by molar-refractivity contribution is 5.36. The van der Waals surface area contributed by atoms with Crippen molar-refractivity contribution in [2.45, 2.75) is 18.9 Å². The lowest BCUT2D eigenvalue weighted by Crippen LogP contribution is -1.96. The Morgan fingerprint density at radius 1 is 1.46 bits per heavy atom.